The van der Waals surface area contributed by atoms with Crippen LogP contribution in [-0.2, 0) is 9.59 Å². The molecule has 1 saturated heterocycles. The van der Waals surface area contributed by atoms with E-state index < -0.39 is 11.9 Å². The molecule has 2 rings (SSSR count). The number of hydrogen-bond acceptors (Lipinski definition) is 4. The third-order valence-electron chi connectivity index (χ3n) is 3.86. The lowest BCUT2D eigenvalue weighted by molar-refractivity contribution is -0.147. The molecule has 126 valence electrons. The summed E-state index contributed by atoms with van der Waals surface area (Å²) in [6.07, 6.45) is 0.610. The molecule has 0 saturated carbocycles. The van der Waals surface area contributed by atoms with Gasteiger partial charge in [-0.1, -0.05) is 6.92 Å². The van der Waals surface area contributed by atoms with Gasteiger partial charge in [-0.15, -0.1) is 0 Å². The fourth-order valence-corrected chi connectivity index (χ4v) is 2.77. The van der Waals surface area contributed by atoms with Gasteiger partial charge >= 0.3 is 5.97 Å². The van der Waals surface area contributed by atoms with Gasteiger partial charge in [0.25, 0.3) is 5.91 Å². The van der Waals surface area contributed by atoms with Gasteiger partial charge in [0.2, 0.25) is 0 Å². The van der Waals surface area contributed by atoms with Gasteiger partial charge in [-0.05, 0) is 43.5 Å². The van der Waals surface area contributed by atoms with E-state index in [2.05, 4.69) is 0 Å². The highest BCUT2D eigenvalue weighted by Gasteiger charge is 2.31. The van der Waals surface area contributed by atoms with Crippen LogP contribution >= 0.6 is 0 Å². The first kappa shape index (κ1) is 17.1. The van der Waals surface area contributed by atoms with Gasteiger partial charge in [-0.3, -0.25) is 9.59 Å². The second-order valence-electron chi connectivity index (χ2n) is 5.87. The van der Waals surface area contributed by atoms with E-state index >= 15 is 0 Å². The molecule has 0 bridgehead atoms. The summed E-state index contributed by atoms with van der Waals surface area (Å²) in [5.74, 6) is -0.00658. The fourth-order valence-electron chi connectivity index (χ4n) is 2.77. The lowest BCUT2D eigenvalue weighted by atomic mass is 9.90. The Morgan fingerprint density at radius 2 is 1.78 bits per heavy atom. The maximum absolute atomic E-state index is 12.2. The average molecular weight is 321 g/mol. The molecule has 1 aliphatic heterocycles. The minimum absolute atomic E-state index is 0.0902. The van der Waals surface area contributed by atoms with Crippen LogP contribution in [0.3, 0.4) is 0 Å². The van der Waals surface area contributed by atoms with Crippen molar-refractivity contribution in [2.45, 2.75) is 20.3 Å². The first-order chi connectivity index (χ1) is 11.0. The number of amides is 1. The van der Waals surface area contributed by atoms with E-state index in [0.29, 0.717) is 25.3 Å². The first-order valence-corrected chi connectivity index (χ1v) is 7.85. The highest BCUT2D eigenvalue weighted by atomic mass is 16.5. The second kappa shape index (κ2) is 7.85. The number of hydrogen-bond donors (Lipinski definition) is 1. The number of carbonyl (C=O) groups is 2. The molecule has 0 spiro atoms. The van der Waals surface area contributed by atoms with Gasteiger partial charge in [0.15, 0.2) is 6.61 Å². The third-order valence-corrected chi connectivity index (χ3v) is 3.86. The largest absolute Gasteiger partial charge is 0.494 e. The van der Waals surface area contributed by atoms with Crippen LogP contribution in [0.5, 0.6) is 11.5 Å². The Morgan fingerprint density at radius 1 is 1.17 bits per heavy atom. The summed E-state index contributed by atoms with van der Waals surface area (Å²) in [5, 5.41) is 9.15. The highest BCUT2D eigenvalue weighted by molar-refractivity contribution is 5.79. The van der Waals surface area contributed by atoms with Crippen LogP contribution < -0.4 is 9.47 Å². The monoisotopic (exact) mass is 321 g/mol. The number of rotatable bonds is 6. The SMILES string of the molecule is CCOc1ccc(OCC(=O)N2CC(C)CC(C(=O)O)C2)cc1. The molecule has 23 heavy (non-hydrogen) atoms. The lowest BCUT2D eigenvalue weighted by Crippen LogP contribution is -2.47. The summed E-state index contributed by atoms with van der Waals surface area (Å²) in [7, 11) is 0. The summed E-state index contributed by atoms with van der Waals surface area (Å²) in [4.78, 5) is 25.0. The maximum atomic E-state index is 12.2. The van der Waals surface area contributed by atoms with Crippen molar-refractivity contribution in [3.05, 3.63) is 24.3 Å². The number of likely N-dealkylation sites (tertiary alicyclic amines) is 1. The number of nitrogens with zero attached hydrogens (tertiary/aromatic N) is 1. The molecular weight excluding hydrogens is 298 g/mol. The van der Waals surface area contributed by atoms with Crippen molar-refractivity contribution in [1.82, 2.24) is 4.90 Å². The topological polar surface area (TPSA) is 76.1 Å². The lowest BCUT2D eigenvalue weighted by Gasteiger charge is -2.34. The summed E-state index contributed by atoms with van der Waals surface area (Å²) >= 11 is 0. The molecule has 6 heteroatoms. The zero-order chi connectivity index (χ0) is 16.8. The first-order valence-electron chi connectivity index (χ1n) is 7.85. The molecule has 1 aliphatic rings. The van der Waals surface area contributed by atoms with E-state index in [1.807, 2.05) is 13.8 Å². The van der Waals surface area contributed by atoms with Crippen LogP contribution in [0.2, 0.25) is 0 Å². The number of carbonyl (C=O) groups excluding carboxylic acids is 1. The molecule has 1 aromatic carbocycles. The Balaban J connectivity index is 1.87. The fraction of sp³-hybridized carbons (Fsp3) is 0.529. The minimum Gasteiger partial charge on any atom is -0.494 e. The van der Waals surface area contributed by atoms with Crippen molar-refractivity contribution in [3.8, 4) is 11.5 Å². The van der Waals surface area contributed by atoms with E-state index in [9.17, 15) is 9.59 Å². The van der Waals surface area contributed by atoms with Gasteiger partial charge in [0.05, 0.1) is 12.5 Å². The third kappa shape index (κ3) is 4.87. The van der Waals surface area contributed by atoms with Crippen molar-refractivity contribution in [2.75, 3.05) is 26.3 Å². The van der Waals surface area contributed by atoms with Crippen molar-refractivity contribution in [2.24, 2.45) is 11.8 Å². The van der Waals surface area contributed by atoms with Crippen molar-refractivity contribution >= 4 is 11.9 Å². The van der Waals surface area contributed by atoms with Gasteiger partial charge in [0.1, 0.15) is 11.5 Å². The Hall–Kier alpha value is -2.24. The molecule has 0 aromatic heterocycles. The molecule has 1 fully saturated rings. The molecule has 0 radical (unpaired) electrons. The number of aliphatic carboxylic acids is 1. The number of ether oxygens (including phenoxy) is 2. The Kier molecular flexibility index (Phi) is 5.84. The summed E-state index contributed by atoms with van der Waals surface area (Å²) in [6, 6.07) is 7.06. The molecule has 2 unspecified atom stereocenters. The van der Waals surface area contributed by atoms with Crippen LogP contribution in [0.25, 0.3) is 0 Å². The van der Waals surface area contributed by atoms with Crippen LogP contribution in [0, 0.1) is 11.8 Å². The van der Waals surface area contributed by atoms with Gasteiger partial charge in [0, 0.05) is 13.1 Å². The van der Waals surface area contributed by atoms with Crippen molar-refractivity contribution in [1.29, 1.82) is 0 Å². The van der Waals surface area contributed by atoms with E-state index in [1.165, 1.54) is 0 Å². The number of piperidine rings is 1. The molecule has 1 amide bonds. The number of carboxylic acid groups (broad SMARTS) is 1. The van der Waals surface area contributed by atoms with E-state index in [-0.39, 0.29) is 25.0 Å². The predicted molar refractivity (Wildman–Crippen MR) is 84.6 cm³/mol. The summed E-state index contributed by atoms with van der Waals surface area (Å²) in [6.45, 7) is 5.21. The van der Waals surface area contributed by atoms with Crippen molar-refractivity contribution in [3.63, 3.8) is 0 Å². The minimum atomic E-state index is -0.846. The molecular formula is C17H23NO5. The molecule has 6 nitrogen and oxygen atoms in total. The average Bonchev–Trinajstić information content (AvgIpc) is 2.53. The zero-order valence-electron chi connectivity index (χ0n) is 13.5. The van der Waals surface area contributed by atoms with Crippen LogP contribution in [0.4, 0.5) is 0 Å². The molecule has 1 aromatic rings. The Labute approximate surface area is 136 Å². The van der Waals surface area contributed by atoms with Crippen molar-refractivity contribution < 1.29 is 24.2 Å². The molecule has 1 N–H and O–H groups in total. The number of carboxylic acids is 1. The van der Waals surface area contributed by atoms with Crippen LogP contribution in [0.1, 0.15) is 20.3 Å². The zero-order valence-corrected chi connectivity index (χ0v) is 13.5. The quantitative estimate of drug-likeness (QED) is 0.867. The Morgan fingerprint density at radius 3 is 2.35 bits per heavy atom. The van der Waals surface area contributed by atoms with E-state index in [4.69, 9.17) is 14.6 Å². The smallest absolute Gasteiger partial charge is 0.308 e. The standard InChI is InChI=1S/C17H23NO5/c1-3-22-14-4-6-15(7-5-14)23-11-16(19)18-9-12(2)8-13(10-18)17(20)21/h4-7,12-13H,3,8-11H2,1-2H3,(H,20,21). The second-order valence-corrected chi connectivity index (χ2v) is 5.87. The van der Waals surface area contributed by atoms with Gasteiger partial charge < -0.3 is 19.5 Å². The van der Waals surface area contributed by atoms with Gasteiger partial charge in [-0.2, -0.15) is 0 Å². The maximum Gasteiger partial charge on any atom is 0.308 e. The van der Waals surface area contributed by atoms with Gasteiger partial charge in [-0.25, -0.2) is 0 Å². The molecule has 2 atom stereocenters. The van der Waals surface area contributed by atoms with E-state index in [0.717, 1.165) is 5.75 Å². The number of benzene rings is 1. The van der Waals surface area contributed by atoms with Crippen LogP contribution in [0.15, 0.2) is 24.3 Å². The highest BCUT2D eigenvalue weighted by Crippen LogP contribution is 2.22. The Bertz CT molecular complexity index is 542. The molecule has 1 heterocycles. The summed E-state index contributed by atoms with van der Waals surface area (Å²) in [5.41, 5.74) is 0. The van der Waals surface area contributed by atoms with Crippen LogP contribution in [-0.4, -0.2) is 48.2 Å². The predicted octanol–water partition coefficient (Wildman–Crippen LogP) is 2.03. The normalized spacial score (nSPS) is 20.9. The molecule has 0 aliphatic carbocycles. The summed E-state index contributed by atoms with van der Waals surface area (Å²) < 4.78 is 10.8. The van der Waals surface area contributed by atoms with E-state index in [1.54, 1.807) is 29.2 Å².